The molecular weight excluding hydrogens is 459 g/mol. The van der Waals surface area contributed by atoms with Gasteiger partial charge in [0.05, 0.1) is 25.9 Å². The molecule has 1 heterocycles. The Morgan fingerprint density at radius 1 is 1.00 bits per heavy atom. The lowest BCUT2D eigenvalue weighted by molar-refractivity contribution is 0.0937. The van der Waals surface area contributed by atoms with E-state index in [2.05, 4.69) is 10.4 Å². The second-order valence-electron chi connectivity index (χ2n) is 8.49. The van der Waals surface area contributed by atoms with E-state index in [4.69, 9.17) is 9.47 Å². The molecule has 1 N–H and O–H groups in total. The lowest BCUT2D eigenvalue weighted by Gasteiger charge is -2.25. The first-order valence-corrected chi connectivity index (χ1v) is 11.5. The van der Waals surface area contributed by atoms with E-state index in [1.165, 1.54) is 12.1 Å². The molecular formula is C28H29FN4O3. The second-order valence-corrected chi connectivity index (χ2v) is 8.49. The zero-order valence-electron chi connectivity index (χ0n) is 20.7. The topological polar surface area (TPSA) is 68.6 Å². The van der Waals surface area contributed by atoms with Gasteiger partial charge in [-0.2, -0.15) is 5.10 Å². The minimum absolute atomic E-state index is 0.217. The van der Waals surface area contributed by atoms with Crippen LogP contribution in [0.25, 0.3) is 16.8 Å². The van der Waals surface area contributed by atoms with Gasteiger partial charge in [0.1, 0.15) is 5.82 Å². The van der Waals surface area contributed by atoms with E-state index in [9.17, 15) is 9.18 Å². The molecule has 1 unspecified atom stereocenters. The van der Waals surface area contributed by atoms with Crippen LogP contribution in [-0.2, 0) is 0 Å². The average Bonchev–Trinajstić information content (AvgIpc) is 3.34. The minimum Gasteiger partial charge on any atom is -0.493 e. The number of methoxy groups -OCH3 is 2. The first-order chi connectivity index (χ1) is 17.4. The normalized spacial score (nSPS) is 11.8. The number of aromatic nitrogens is 2. The van der Waals surface area contributed by atoms with Crippen molar-refractivity contribution in [2.75, 3.05) is 34.9 Å². The Bertz CT molecular complexity index is 1340. The maximum absolute atomic E-state index is 13.8. The van der Waals surface area contributed by atoms with Gasteiger partial charge >= 0.3 is 0 Å². The summed E-state index contributed by atoms with van der Waals surface area (Å²) in [6.45, 7) is 0.277. The molecule has 0 aliphatic carbocycles. The van der Waals surface area contributed by atoms with Crippen LogP contribution >= 0.6 is 0 Å². The number of nitrogens with one attached hydrogen (secondary N) is 1. The number of hydrogen-bond acceptors (Lipinski definition) is 5. The third kappa shape index (κ3) is 5.39. The molecule has 0 fully saturated rings. The molecule has 3 aromatic carbocycles. The third-order valence-corrected chi connectivity index (χ3v) is 5.96. The molecule has 0 saturated heterocycles. The standard InChI is InChI=1S/C28H29FN4O3/c1-32(2)24(20-9-8-10-21(29)15-20)17-30-28(34)27-23(18-33(31-27)22-11-6-5-7-12-22)19-13-14-25(35-3)26(16-19)36-4/h5-16,18,24H,17H2,1-4H3,(H,30,34). The Hall–Kier alpha value is -4.17. The maximum atomic E-state index is 13.8. The summed E-state index contributed by atoms with van der Waals surface area (Å²) < 4.78 is 26.3. The summed E-state index contributed by atoms with van der Waals surface area (Å²) in [5.41, 5.74) is 3.26. The SMILES string of the molecule is COc1ccc(-c2cn(-c3ccccc3)nc2C(=O)NCC(c2cccc(F)c2)N(C)C)cc1OC. The number of halogens is 1. The molecule has 1 atom stereocenters. The number of likely N-dealkylation sites (N-methyl/N-ethyl adjacent to an activating group) is 1. The summed E-state index contributed by atoms with van der Waals surface area (Å²) in [5, 5.41) is 7.61. The van der Waals surface area contributed by atoms with E-state index in [1.807, 2.05) is 73.7 Å². The monoisotopic (exact) mass is 488 g/mol. The molecule has 4 rings (SSSR count). The number of ether oxygens (including phenoxy) is 2. The van der Waals surface area contributed by atoms with Crippen molar-refractivity contribution >= 4 is 5.91 Å². The summed E-state index contributed by atoms with van der Waals surface area (Å²) in [6, 6.07) is 21.2. The summed E-state index contributed by atoms with van der Waals surface area (Å²) in [4.78, 5) is 15.4. The highest BCUT2D eigenvalue weighted by atomic mass is 19.1. The number of carbonyl (C=O) groups is 1. The molecule has 36 heavy (non-hydrogen) atoms. The molecule has 8 heteroatoms. The van der Waals surface area contributed by atoms with Crippen molar-refractivity contribution in [2.45, 2.75) is 6.04 Å². The Morgan fingerprint density at radius 3 is 2.42 bits per heavy atom. The van der Waals surface area contributed by atoms with Crippen LogP contribution in [-0.4, -0.2) is 55.4 Å². The van der Waals surface area contributed by atoms with Crippen LogP contribution in [0.2, 0.25) is 0 Å². The van der Waals surface area contributed by atoms with Crippen molar-refractivity contribution in [1.82, 2.24) is 20.0 Å². The van der Waals surface area contributed by atoms with Crippen LogP contribution in [0.5, 0.6) is 11.5 Å². The van der Waals surface area contributed by atoms with Crippen LogP contribution in [0.1, 0.15) is 22.1 Å². The summed E-state index contributed by atoms with van der Waals surface area (Å²) in [7, 11) is 6.92. The second kappa shape index (κ2) is 11.0. The molecule has 0 bridgehead atoms. The highest BCUT2D eigenvalue weighted by molar-refractivity contribution is 5.99. The van der Waals surface area contributed by atoms with Gasteiger partial charge < -0.3 is 19.7 Å². The quantitative estimate of drug-likeness (QED) is 0.369. The lowest BCUT2D eigenvalue weighted by Crippen LogP contribution is -2.35. The summed E-state index contributed by atoms with van der Waals surface area (Å²) >= 11 is 0. The molecule has 4 aromatic rings. The molecule has 1 aromatic heterocycles. The number of benzene rings is 3. The van der Waals surface area contributed by atoms with Crippen LogP contribution < -0.4 is 14.8 Å². The molecule has 186 valence electrons. The maximum Gasteiger partial charge on any atom is 0.272 e. The van der Waals surface area contributed by atoms with Gasteiger partial charge in [-0.15, -0.1) is 0 Å². The van der Waals surface area contributed by atoms with E-state index < -0.39 is 0 Å². The van der Waals surface area contributed by atoms with Gasteiger partial charge in [0.15, 0.2) is 17.2 Å². The van der Waals surface area contributed by atoms with Gasteiger partial charge in [-0.1, -0.05) is 36.4 Å². The number of hydrogen-bond donors (Lipinski definition) is 1. The number of rotatable bonds is 9. The largest absolute Gasteiger partial charge is 0.493 e. The van der Waals surface area contributed by atoms with Crippen LogP contribution in [0.4, 0.5) is 4.39 Å². The Kier molecular flexibility index (Phi) is 7.65. The summed E-state index contributed by atoms with van der Waals surface area (Å²) in [6.07, 6.45) is 1.82. The average molecular weight is 489 g/mol. The fraction of sp³-hybridized carbons (Fsp3) is 0.214. The minimum atomic E-state index is -0.335. The molecule has 1 amide bonds. The van der Waals surface area contributed by atoms with Gasteiger partial charge in [0.25, 0.3) is 5.91 Å². The predicted octanol–water partition coefficient (Wildman–Crippen LogP) is 4.73. The predicted molar refractivity (Wildman–Crippen MR) is 137 cm³/mol. The smallest absolute Gasteiger partial charge is 0.272 e. The number of nitrogens with zero attached hydrogens (tertiary/aromatic N) is 3. The van der Waals surface area contributed by atoms with Gasteiger partial charge in [-0.3, -0.25) is 4.79 Å². The van der Waals surface area contributed by atoms with E-state index in [0.717, 1.165) is 16.8 Å². The molecule has 7 nitrogen and oxygen atoms in total. The molecule has 0 spiro atoms. The van der Waals surface area contributed by atoms with Gasteiger partial charge in [-0.25, -0.2) is 9.07 Å². The fourth-order valence-electron chi connectivity index (χ4n) is 4.06. The van der Waals surface area contributed by atoms with Crippen molar-refractivity contribution in [2.24, 2.45) is 0 Å². The zero-order valence-corrected chi connectivity index (χ0v) is 20.7. The Balaban J connectivity index is 1.69. The molecule has 0 saturated carbocycles. The van der Waals surface area contributed by atoms with E-state index in [1.54, 1.807) is 31.0 Å². The summed E-state index contributed by atoms with van der Waals surface area (Å²) in [5.74, 6) is 0.486. The Morgan fingerprint density at radius 2 is 1.75 bits per heavy atom. The van der Waals surface area contributed by atoms with E-state index in [0.29, 0.717) is 17.1 Å². The first kappa shape index (κ1) is 24.9. The van der Waals surface area contributed by atoms with Gasteiger partial charge in [0, 0.05) is 18.3 Å². The first-order valence-electron chi connectivity index (χ1n) is 11.5. The van der Waals surface area contributed by atoms with Crippen molar-refractivity contribution < 1.29 is 18.7 Å². The molecule has 0 radical (unpaired) electrons. The highest BCUT2D eigenvalue weighted by Gasteiger charge is 2.22. The van der Waals surface area contributed by atoms with E-state index >= 15 is 0 Å². The number of carbonyl (C=O) groups excluding carboxylic acids is 1. The van der Waals surface area contributed by atoms with Gasteiger partial charge in [-0.05, 0) is 61.6 Å². The van der Waals surface area contributed by atoms with Crippen molar-refractivity contribution in [3.8, 4) is 28.3 Å². The zero-order chi connectivity index (χ0) is 25.7. The van der Waals surface area contributed by atoms with Crippen LogP contribution in [0.3, 0.4) is 0 Å². The van der Waals surface area contributed by atoms with Crippen molar-refractivity contribution in [3.05, 3.63) is 96.1 Å². The molecule has 0 aliphatic rings. The third-order valence-electron chi connectivity index (χ3n) is 5.96. The molecule has 0 aliphatic heterocycles. The lowest BCUT2D eigenvalue weighted by atomic mass is 10.0. The van der Waals surface area contributed by atoms with Crippen molar-refractivity contribution in [1.29, 1.82) is 0 Å². The van der Waals surface area contributed by atoms with Crippen LogP contribution in [0.15, 0.2) is 79.0 Å². The van der Waals surface area contributed by atoms with E-state index in [-0.39, 0.29) is 30.0 Å². The van der Waals surface area contributed by atoms with Crippen LogP contribution in [0, 0.1) is 5.82 Å². The number of amides is 1. The van der Waals surface area contributed by atoms with Crippen molar-refractivity contribution in [3.63, 3.8) is 0 Å². The fourth-order valence-corrected chi connectivity index (χ4v) is 4.06. The number of para-hydroxylation sites is 1. The van der Waals surface area contributed by atoms with Gasteiger partial charge in [0.2, 0.25) is 0 Å². The highest BCUT2D eigenvalue weighted by Crippen LogP contribution is 2.34. The Labute approximate surface area is 210 Å².